The minimum Gasteiger partial charge on any atom is -0.493 e. The molecule has 0 fully saturated rings. The number of carbonyl (C=O) groups excluding carboxylic acids is 1. The number of allylic oxidation sites excluding steroid dienone is 1. The number of hydrogen-bond acceptors (Lipinski definition) is 8. The van der Waals surface area contributed by atoms with Crippen LogP contribution in [0.15, 0.2) is 59.2 Å². The summed E-state index contributed by atoms with van der Waals surface area (Å²) in [5, 5.41) is 5.96. The molecule has 39 heavy (non-hydrogen) atoms. The van der Waals surface area contributed by atoms with Gasteiger partial charge in [0.25, 0.3) is 5.91 Å². The van der Waals surface area contributed by atoms with Crippen molar-refractivity contribution in [2.75, 3.05) is 25.7 Å². The summed E-state index contributed by atoms with van der Waals surface area (Å²) in [6.45, 7) is 6.00. The van der Waals surface area contributed by atoms with Gasteiger partial charge in [0, 0.05) is 29.2 Å². The van der Waals surface area contributed by atoms with E-state index in [4.69, 9.17) is 20.9 Å². The largest absolute Gasteiger partial charge is 0.493 e. The van der Waals surface area contributed by atoms with Gasteiger partial charge in [-0.3, -0.25) is 4.79 Å². The first kappa shape index (κ1) is 27.4. The van der Waals surface area contributed by atoms with Gasteiger partial charge in [-0.2, -0.15) is 10.1 Å². The van der Waals surface area contributed by atoms with Gasteiger partial charge in [-0.05, 0) is 49.6 Å². The van der Waals surface area contributed by atoms with Crippen LogP contribution in [0.1, 0.15) is 60.3 Å². The highest BCUT2D eigenvalue weighted by atomic mass is 16.5. The predicted octanol–water partition coefficient (Wildman–Crippen LogP) is 4.71. The second-order valence-electron chi connectivity index (χ2n) is 9.42. The van der Waals surface area contributed by atoms with Crippen molar-refractivity contribution in [1.82, 2.24) is 15.0 Å². The molecular formula is C30H34N6O3. The van der Waals surface area contributed by atoms with Crippen LogP contribution in [0.25, 0.3) is 6.08 Å². The highest BCUT2D eigenvalue weighted by Gasteiger charge is 2.26. The molecule has 1 amide bonds. The number of rotatable bonds is 8. The van der Waals surface area contributed by atoms with Gasteiger partial charge in [0.2, 0.25) is 5.95 Å². The smallest absolute Gasteiger partial charge is 0.267 e. The number of aryl methyl sites for hydroxylation is 1. The SMILES string of the molecule is CCc1nc(N)nc(N)c1Cc1cc(/C=C/C(=O)N2N=Cc3ccccc3[C@@H]2C=C(C)C)c(OC)c(OC)c1. The first-order valence-corrected chi connectivity index (χ1v) is 12.7. The molecule has 9 heteroatoms. The Morgan fingerprint density at radius 3 is 2.56 bits per heavy atom. The van der Waals surface area contributed by atoms with Crippen molar-refractivity contribution < 1.29 is 14.3 Å². The summed E-state index contributed by atoms with van der Waals surface area (Å²) in [4.78, 5) is 21.9. The van der Waals surface area contributed by atoms with E-state index in [2.05, 4.69) is 15.1 Å². The monoisotopic (exact) mass is 526 g/mol. The van der Waals surface area contributed by atoms with Gasteiger partial charge in [-0.15, -0.1) is 0 Å². The van der Waals surface area contributed by atoms with E-state index in [1.54, 1.807) is 26.5 Å². The van der Waals surface area contributed by atoms with Crippen LogP contribution >= 0.6 is 0 Å². The fraction of sp³-hybridized carbons (Fsp3) is 0.267. The highest BCUT2D eigenvalue weighted by molar-refractivity contribution is 5.95. The van der Waals surface area contributed by atoms with E-state index in [0.717, 1.165) is 33.5 Å². The van der Waals surface area contributed by atoms with E-state index in [-0.39, 0.29) is 17.9 Å². The molecule has 0 unspecified atom stereocenters. The molecule has 2 heterocycles. The molecule has 0 aliphatic carbocycles. The standard InChI is InChI=1S/C30H34N6O3/c1-6-24-23(29(31)35-30(32)34-24)15-19-14-20(28(39-5)26(16-19)38-4)11-12-27(37)36-25(13-18(2)3)22-10-8-7-9-21(22)17-33-36/h7-14,16-17,25H,6,15H2,1-5H3,(H4,31,32,34,35)/b12-11+/t25-/m0/s1. The van der Waals surface area contributed by atoms with Gasteiger partial charge >= 0.3 is 0 Å². The molecule has 1 aliphatic heterocycles. The van der Waals surface area contributed by atoms with E-state index < -0.39 is 0 Å². The zero-order chi connectivity index (χ0) is 28.1. The average Bonchev–Trinajstić information content (AvgIpc) is 2.92. The molecule has 9 nitrogen and oxygen atoms in total. The maximum absolute atomic E-state index is 13.4. The molecule has 202 valence electrons. The second-order valence-corrected chi connectivity index (χ2v) is 9.42. The van der Waals surface area contributed by atoms with Crippen LogP contribution in [-0.2, 0) is 17.6 Å². The van der Waals surface area contributed by atoms with Crippen molar-refractivity contribution in [3.05, 3.63) is 87.6 Å². The number of fused-ring (bicyclic) bond motifs is 1. The van der Waals surface area contributed by atoms with E-state index in [0.29, 0.717) is 35.7 Å². The molecular weight excluding hydrogens is 492 g/mol. The molecule has 0 saturated carbocycles. The van der Waals surface area contributed by atoms with Crippen LogP contribution < -0.4 is 20.9 Å². The van der Waals surface area contributed by atoms with E-state index in [9.17, 15) is 4.79 Å². The minimum absolute atomic E-state index is 0.150. The van der Waals surface area contributed by atoms with Crippen molar-refractivity contribution in [3.8, 4) is 11.5 Å². The molecule has 4 rings (SSSR count). The summed E-state index contributed by atoms with van der Waals surface area (Å²) < 4.78 is 11.3. The van der Waals surface area contributed by atoms with E-state index in [1.807, 2.05) is 63.2 Å². The Morgan fingerprint density at radius 1 is 1.10 bits per heavy atom. The number of amides is 1. The third-order valence-corrected chi connectivity index (χ3v) is 6.45. The van der Waals surface area contributed by atoms with E-state index in [1.165, 1.54) is 11.1 Å². The van der Waals surface area contributed by atoms with Crippen molar-refractivity contribution in [1.29, 1.82) is 0 Å². The number of nitrogens with zero attached hydrogens (tertiary/aromatic N) is 4. The Bertz CT molecular complexity index is 1470. The lowest BCUT2D eigenvalue weighted by molar-refractivity contribution is -0.127. The number of nitrogens with two attached hydrogens (primary N) is 2. The van der Waals surface area contributed by atoms with Gasteiger partial charge < -0.3 is 20.9 Å². The molecule has 1 aromatic heterocycles. The van der Waals surface area contributed by atoms with Crippen molar-refractivity contribution >= 4 is 30.0 Å². The van der Waals surface area contributed by atoms with Crippen LogP contribution in [0.3, 0.4) is 0 Å². The Labute approximate surface area is 228 Å². The number of aromatic nitrogens is 2. The average molecular weight is 527 g/mol. The Hall–Kier alpha value is -4.66. The van der Waals surface area contributed by atoms with Crippen LogP contribution in [0, 0.1) is 0 Å². The lowest BCUT2D eigenvalue weighted by atomic mass is 9.97. The molecule has 0 spiro atoms. The lowest BCUT2D eigenvalue weighted by Crippen LogP contribution is -2.31. The topological polar surface area (TPSA) is 129 Å². The van der Waals surface area contributed by atoms with Gasteiger partial charge in [-0.1, -0.05) is 42.8 Å². The van der Waals surface area contributed by atoms with Crippen LogP contribution in [0.5, 0.6) is 11.5 Å². The third-order valence-electron chi connectivity index (χ3n) is 6.45. The maximum atomic E-state index is 13.4. The molecule has 3 aromatic rings. The second kappa shape index (κ2) is 11.8. The number of nitrogen functional groups attached to an aromatic ring is 2. The molecule has 1 aliphatic rings. The maximum Gasteiger partial charge on any atom is 0.267 e. The zero-order valence-corrected chi connectivity index (χ0v) is 22.9. The summed E-state index contributed by atoms with van der Waals surface area (Å²) in [5.41, 5.74) is 18.3. The van der Waals surface area contributed by atoms with Crippen molar-refractivity contribution in [2.45, 2.75) is 39.7 Å². The summed E-state index contributed by atoms with van der Waals surface area (Å²) >= 11 is 0. The molecule has 2 aromatic carbocycles. The van der Waals surface area contributed by atoms with Gasteiger partial charge in [0.1, 0.15) is 5.82 Å². The molecule has 0 saturated heterocycles. The minimum atomic E-state index is -0.308. The fourth-order valence-electron chi connectivity index (χ4n) is 4.67. The zero-order valence-electron chi connectivity index (χ0n) is 22.9. The van der Waals surface area contributed by atoms with Gasteiger partial charge in [-0.25, -0.2) is 9.99 Å². The summed E-state index contributed by atoms with van der Waals surface area (Å²) in [7, 11) is 3.14. The van der Waals surface area contributed by atoms with Crippen molar-refractivity contribution in [3.63, 3.8) is 0 Å². The fourth-order valence-corrected chi connectivity index (χ4v) is 4.67. The lowest BCUT2D eigenvalue weighted by Gasteiger charge is -2.29. The Kier molecular flexibility index (Phi) is 8.29. The Morgan fingerprint density at radius 2 is 1.87 bits per heavy atom. The van der Waals surface area contributed by atoms with Gasteiger partial charge in [0.15, 0.2) is 11.5 Å². The molecule has 1 atom stereocenters. The number of methoxy groups -OCH3 is 2. The number of benzene rings is 2. The number of hydrogen-bond donors (Lipinski definition) is 2. The molecule has 0 radical (unpaired) electrons. The first-order chi connectivity index (χ1) is 18.7. The number of ether oxygens (including phenoxy) is 2. The predicted molar refractivity (Wildman–Crippen MR) is 155 cm³/mol. The summed E-state index contributed by atoms with van der Waals surface area (Å²) in [5.74, 6) is 1.27. The first-order valence-electron chi connectivity index (χ1n) is 12.7. The molecule has 4 N–H and O–H groups in total. The summed E-state index contributed by atoms with van der Waals surface area (Å²) in [6, 6.07) is 11.4. The van der Waals surface area contributed by atoms with Crippen molar-refractivity contribution in [2.24, 2.45) is 5.10 Å². The molecule has 0 bridgehead atoms. The van der Waals surface area contributed by atoms with Crippen LogP contribution in [0.2, 0.25) is 0 Å². The highest BCUT2D eigenvalue weighted by Crippen LogP contribution is 2.36. The van der Waals surface area contributed by atoms with E-state index >= 15 is 0 Å². The number of anilines is 2. The third kappa shape index (κ3) is 5.93. The number of hydrazone groups is 1. The number of carbonyl (C=O) groups is 1. The van der Waals surface area contributed by atoms with Gasteiger partial charge in [0.05, 0.1) is 32.2 Å². The van der Waals surface area contributed by atoms with Crippen LogP contribution in [0.4, 0.5) is 11.8 Å². The quantitative estimate of drug-likeness (QED) is 0.321. The van der Waals surface area contributed by atoms with Crippen LogP contribution in [-0.4, -0.2) is 41.3 Å². The normalized spacial score (nSPS) is 14.3. The Balaban J connectivity index is 1.69. The summed E-state index contributed by atoms with van der Waals surface area (Å²) in [6.07, 6.45) is 8.08.